The van der Waals surface area contributed by atoms with Crippen LogP contribution in [0.1, 0.15) is 23.2 Å². The van der Waals surface area contributed by atoms with Crippen molar-refractivity contribution in [2.24, 2.45) is 11.5 Å². The van der Waals surface area contributed by atoms with Gasteiger partial charge in [0.2, 0.25) is 0 Å². The summed E-state index contributed by atoms with van der Waals surface area (Å²) in [6, 6.07) is 3.62. The van der Waals surface area contributed by atoms with E-state index in [1.165, 1.54) is 24.3 Å². The van der Waals surface area contributed by atoms with Crippen molar-refractivity contribution >= 4 is 56.8 Å². The van der Waals surface area contributed by atoms with Gasteiger partial charge in [0.05, 0.1) is 32.2 Å². The molecule has 10 nitrogen and oxygen atoms in total. The van der Waals surface area contributed by atoms with E-state index in [2.05, 4.69) is 0 Å². The summed E-state index contributed by atoms with van der Waals surface area (Å²) in [6.07, 6.45) is 0. The Labute approximate surface area is 206 Å². The SMILES string of the molecule is N[C@H](c1c(Cl)cc(O)cc1Cl)[C@@H](N)c1c(Cl)cc(O)cc1Cl.O=S(=O)([O-])[O-].[OH-].[OH-].[Pt+4]. The Balaban J connectivity index is -0.000000819. The van der Waals surface area contributed by atoms with Gasteiger partial charge in [-0.1, -0.05) is 46.4 Å². The Bertz CT molecular complexity index is 836. The molecule has 2 aromatic rings. The maximum Gasteiger partial charge on any atom is 4.00 e. The van der Waals surface area contributed by atoms with Crippen molar-refractivity contribution < 1.29 is 59.8 Å². The Morgan fingerprint density at radius 1 is 0.733 bits per heavy atom. The molecular formula is C14H14Cl4N2O8PtS. The normalized spacial score (nSPS) is 12.1. The van der Waals surface area contributed by atoms with E-state index in [0.29, 0.717) is 11.1 Å². The summed E-state index contributed by atoms with van der Waals surface area (Å²) in [5, 5.41) is 19.6. The van der Waals surface area contributed by atoms with Gasteiger partial charge in [-0.05, 0) is 24.3 Å². The van der Waals surface area contributed by atoms with Crippen LogP contribution in [-0.2, 0) is 31.5 Å². The average molecular weight is 707 g/mol. The summed E-state index contributed by atoms with van der Waals surface area (Å²) in [6.45, 7) is 0. The second-order valence-electron chi connectivity index (χ2n) is 5.11. The number of hydrogen-bond donors (Lipinski definition) is 4. The zero-order chi connectivity index (χ0) is 21.1. The van der Waals surface area contributed by atoms with E-state index in [1.54, 1.807) is 0 Å². The third-order valence-electron chi connectivity index (χ3n) is 3.18. The van der Waals surface area contributed by atoms with E-state index >= 15 is 0 Å². The van der Waals surface area contributed by atoms with Crippen molar-refractivity contribution in [3.8, 4) is 11.5 Å². The number of nitrogens with two attached hydrogens (primary N) is 2. The first kappa shape index (κ1) is 34.2. The van der Waals surface area contributed by atoms with Crippen molar-refractivity contribution in [1.29, 1.82) is 0 Å². The van der Waals surface area contributed by atoms with Crippen LogP contribution in [-0.4, -0.2) is 38.7 Å². The molecule has 0 saturated carbocycles. The summed E-state index contributed by atoms with van der Waals surface area (Å²) in [4.78, 5) is 0. The summed E-state index contributed by atoms with van der Waals surface area (Å²) in [5.41, 5.74) is 13.0. The predicted molar refractivity (Wildman–Crippen MR) is 104 cm³/mol. The Hall–Kier alpha value is -0.402. The van der Waals surface area contributed by atoms with Crippen LogP contribution in [0.2, 0.25) is 20.1 Å². The van der Waals surface area contributed by atoms with Crippen molar-refractivity contribution in [1.82, 2.24) is 0 Å². The van der Waals surface area contributed by atoms with E-state index in [9.17, 15) is 10.2 Å². The third-order valence-corrected chi connectivity index (χ3v) is 4.43. The van der Waals surface area contributed by atoms with Gasteiger partial charge in [-0.3, -0.25) is 8.42 Å². The third kappa shape index (κ3) is 10.3. The van der Waals surface area contributed by atoms with Crippen molar-refractivity contribution in [3.05, 3.63) is 55.5 Å². The van der Waals surface area contributed by atoms with Gasteiger partial charge in [-0.2, -0.15) is 0 Å². The maximum absolute atomic E-state index is 9.46. The molecule has 0 unspecified atom stereocenters. The minimum absolute atomic E-state index is 0. The van der Waals surface area contributed by atoms with Gasteiger partial charge >= 0.3 is 21.1 Å². The molecule has 0 amide bonds. The number of rotatable bonds is 3. The van der Waals surface area contributed by atoms with Gasteiger partial charge < -0.3 is 41.7 Å². The number of aromatic hydroxyl groups is 2. The van der Waals surface area contributed by atoms with E-state index in [4.69, 9.17) is 75.4 Å². The molecule has 0 saturated heterocycles. The molecule has 0 spiro atoms. The fourth-order valence-corrected chi connectivity index (χ4v) is 3.59. The van der Waals surface area contributed by atoms with Crippen LogP contribution < -0.4 is 11.5 Å². The second-order valence-corrected chi connectivity index (χ2v) is 7.55. The molecule has 172 valence electrons. The minimum atomic E-state index is -5.17. The van der Waals surface area contributed by atoms with Crippen LogP contribution in [0.4, 0.5) is 0 Å². The summed E-state index contributed by atoms with van der Waals surface area (Å²) in [7, 11) is -5.17. The summed E-state index contributed by atoms with van der Waals surface area (Å²) >= 11 is 24.3. The number of hydrogen-bond acceptors (Lipinski definition) is 10. The largest absolute Gasteiger partial charge is 4.00 e. The fourth-order valence-electron chi connectivity index (χ4n) is 2.14. The zero-order valence-corrected chi connectivity index (χ0v) is 20.4. The predicted octanol–water partition coefficient (Wildman–Crippen LogP) is 2.72. The van der Waals surface area contributed by atoms with Gasteiger partial charge in [0, 0.05) is 21.5 Å². The monoisotopic (exact) mass is 705 g/mol. The van der Waals surface area contributed by atoms with Gasteiger partial charge in [-0.25, -0.2) is 0 Å². The fraction of sp³-hybridized carbons (Fsp3) is 0.143. The molecule has 0 radical (unpaired) electrons. The quantitative estimate of drug-likeness (QED) is 0.269. The van der Waals surface area contributed by atoms with E-state index in [1.807, 2.05) is 0 Å². The first-order valence-corrected chi connectivity index (χ1v) is 9.60. The van der Waals surface area contributed by atoms with Crippen molar-refractivity contribution in [2.45, 2.75) is 12.1 Å². The van der Waals surface area contributed by atoms with E-state index in [0.717, 1.165) is 0 Å². The molecule has 0 aromatic heterocycles. The number of halogens is 4. The Morgan fingerprint density at radius 2 is 0.900 bits per heavy atom. The summed E-state index contributed by atoms with van der Waals surface area (Å²) < 4.78 is 34.1. The number of benzene rings is 2. The van der Waals surface area contributed by atoms with Gasteiger partial charge in [0.1, 0.15) is 11.5 Å². The molecular weight excluding hydrogens is 693 g/mol. The molecule has 0 bridgehead atoms. The minimum Gasteiger partial charge on any atom is -0.870 e. The van der Waals surface area contributed by atoms with E-state index in [-0.39, 0.29) is 63.6 Å². The molecule has 0 aliphatic heterocycles. The van der Waals surface area contributed by atoms with Crippen LogP contribution in [0.3, 0.4) is 0 Å². The maximum atomic E-state index is 9.46. The van der Waals surface area contributed by atoms with Crippen molar-refractivity contribution in [3.63, 3.8) is 0 Å². The first-order chi connectivity index (χ1) is 12.2. The average Bonchev–Trinajstić information content (AvgIpc) is 2.42. The first-order valence-electron chi connectivity index (χ1n) is 6.76. The standard InChI is InChI=1S/C14H12Cl4N2O2.H2O4S.2H2O.Pt/c15-7-1-5(21)2-8(16)11(7)13(19)14(20)12-9(17)3-6(22)4-10(12)18;1-5(2,3)4;;;/h1-4,13-14,21-22H,19-20H2;(H2,1,2,3,4);2*1H2;/q;;;;+4/p-4/t13-,14+;;;;. The van der Waals surface area contributed by atoms with Crippen LogP contribution in [0, 0.1) is 0 Å². The molecule has 2 aromatic carbocycles. The van der Waals surface area contributed by atoms with Gasteiger partial charge in [-0.15, -0.1) is 0 Å². The molecule has 0 aliphatic carbocycles. The topological polar surface area (TPSA) is 233 Å². The summed E-state index contributed by atoms with van der Waals surface area (Å²) in [5.74, 6) is -0.166. The molecule has 8 N–H and O–H groups in total. The molecule has 0 aliphatic rings. The van der Waals surface area contributed by atoms with Gasteiger partial charge in [0.25, 0.3) is 0 Å². The number of phenols is 2. The Morgan fingerprint density at radius 3 is 1.07 bits per heavy atom. The molecule has 2 rings (SSSR count). The molecule has 16 heteroatoms. The smallest absolute Gasteiger partial charge is 0.870 e. The van der Waals surface area contributed by atoms with Crippen LogP contribution in [0.5, 0.6) is 11.5 Å². The molecule has 0 fully saturated rings. The zero-order valence-electron chi connectivity index (χ0n) is 14.3. The molecule has 30 heavy (non-hydrogen) atoms. The van der Waals surface area contributed by atoms with E-state index < -0.39 is 22.5 Å². The van der Waals surface area contributed by atoms with Crippen LogP contribution in [0.25, 0.3) is 0 Å². The van der Waals surface area contributed by atoms with Gasteiger partial charge in [0.15, 0.2) is 0 Å². The molecule has 2 atom stereocenters. The second kappa shape index (κ2) is 13.9. The van der Waals surface area contributed by atoms with Crippen molar-refractivity contribution in [2.75, 3.05) is 0 Å². The van der Waals surface area contributed by atoms with Crippen LogP contribution >= 0.6 is 46.4 Å². The Kier molecular flexibility index (Phi) is 15.8. The number of phenolic OH excluding ortho intramolecular Hbond substituents is 2. The van der Waals surface area contributed by atoms with Crippen LogP contribution in [0.15, 0.2) is 24.3 Å². The molecule has 0 heterocycles.